The Balaban J connectivity index is 1.22. The van der Waals surface area contributed by atoms with E-state index in [1.165, 1.54) is 0 Å². The summed E-state index contributed by atoms with van der Waals surface area (Å²) in [4.78, 5) is 23.2. The minimum absolute atomic E-state index is 0.0151. The smallest absolute Gasteiger partial charge is 0.317 e. The Morgan fingerprint density at radius 3 is 2.75 bits per heavy atom. The Morgan fingerprint density at radius 2 is 2.04 bits per heavy atom. The second kappa shape index (κ2) is 8.52. The molecule has 1 aliphatic rings. The summed E-state index contributed by atoms with van der Waals surface area (Å²) in [6, 6.07) is 10.1. The third-order valence-electron chi connectivity index (χ3n) is 4.90. The van der Waals surface area contributed by atoms with Crippen LogP contribution in [-0.2, 0) is 6.42 Å². The molecule has 2 aromatic heterocycles. The molecular weight excluding hydrogens is 374 g/mol. The lowest BCUT2D eigenvalue weighted by Crippen LogP contribution is -2.44. The zero-order valence-corrected chi connectivity index (χ0v) is 16.6. The van der Waals surface area contributed by atoms with Gasteiger partial charge in [-0.3, -0.25) is 0 Å². The topological polar surface area (TPSA) is 84.2 Å². The zero-order valence-electron chi connectivity index (χ0n) is 15.8. The number of nitrogens with zero attached hydrogens (tertiary/aromatic N) is 4. The molecule has 0 bridgehead atoms. The fourth-order valence-electron chi connectivity index (χ4n) is 3.35. The molecule has 8 heteroatoms. The van der Waals surface area contributed by atoms with Crippen LogP contribution in [0.3, 0.4) is 0 Å². The highest BCUT2D eigenvalue weighted by molar-refractivity contribution is 7.13. The second-order valence-electron chi connectivity index (χ2n) is 6.93. The fourth-order valence-corrected chi connectivity index (χ4v) is 4.21. The van der Waals surface area contributed by atoms with Crippen molar-refractivity contribution in [3.05, 3.63) is 53.1 Å². The van der Waals surface area contributed by atoms with Gasteiger partial charge in [-0.1, -0.05) is 35.5 Å². The predicted molar refractivity (Wildman–Crippen MR) is 107 cm³/mol. The average Bonchev–Trinajstić information content (AvgIpc) is 3.38. The molecule has 146 valence electrons. The van der Waals surface area contributed by atoms with Crippen molar-refractivity contribution in [2.45, 2.75) is 32.1 Å². The summed E-state index contributed by atoms with van der Waals surface area (Å²) in [5, 5.41) is 9.94. The van der Waals surface area contributed by atoms with Gasteiger partial charge in [0.25, 0.3) is 0 Å². The van der Waals surface area contributed by atoms with Gasteiger partial charge in [0.1, 0.15) is 5.01 Å². The number of nitrogens with one attached hydrogen (secondary N) is 1. The Morgan fingerprint density at radius 1 is 1.25 bits per heavy atom. The van der Waals surface area contributed by atoms with E-state index in [2.05, 4.69) is 38.0 Å². The van der Waals surface area contributed by atoms with Crippen molar-refractivity contribution in [2.75, 3.05) is 19.6 Å². The summed E-state index contributed by atoms with van der Waals surface area (Å²) in [5.74, 6) is 1.60. The summed E-state index contributed by atoms with van der Waals surface area (Å²) >= 11 is 1.64. The molecule has 4 rings (SSSR count). The van der Waals surface area contributed by atoms with E-state index in [0.29, 0.717) is 31.3 Å². The lowest BCUT2D eigenvalue weighted by Gasteiger charge is -2.30. The first kappa shape index (κ1) is 18.6. The molecule has 28 heavy (non-hydrogen) atoms. The van der Waals surface area contributed by atoms with E-state index in [1.54, 1.807) is 11.3 Å². The van der Waals surface area contributed by atoms with Crippen LogP contribution < -0.4 is 5.32 Å². The van der Waals surface area contributed by atoms with Gasteiger partial charge in [0.2, 0.25) is 5.89 Å². The number of aromatic nitrogens is 3. The van der Waals surface area contributed by atoms with Crippen LogP contribution >= 0.6 is 11.3 Å². The second-order valence-corrected chi connectivity index (χ2v) is 7.79. The van der Waals surface area contributed by atoms with Crippen LogP contribution in [-0.4, -0.2) is 45.7 Å². The molecule has 0 saturated carbocycles. The monoisotopic (exact) mass is 397 g/mol. The van der Waals surface area contributed by atoms with Crippen LogP contribution in [0.2, 0.25) is 0 Å². The number of thiazole rings is 1. The number of piperidine rings is 1. The van der Waals surface area contributed by atoms with Gasteiger partial charge in [-0.25, -0.2) is 9.78 Å². The Labute approximate surface area is 167 Å². The van der Waals surface area contributed by atoms with Gasteiger partial charge in [0.05, 0.1) is 5.69 Å². The number of carbonyl (C=O) groups is 1. The van der Waals surface area contributed by atoms with E-state index < -0.39 is 0 Å². The number of likely N-dealkylation sites (tertiary alicyclic amines) is 1. The van der Waals surface area contributed by atoms with Crippen molar-refractivity contribution in [3.63, 3.8) is 0 Å². The van der Waals surface area contributed by atoms with E-state index in [-0.39, 0.29) is 11.9 Å². The fraction of sp³-hybridized carbons (Fsp3) is 0.400. The number of hydrogen-bond acceptors (Lipinski definition) is 6. The maximum atomic E-state index is 12.4. The zero-order chi connectivity index (χ0) is 19.3. The standard InChI is InChI=1S/C20H23N5O2S/c1-14-22-18(27-24-14)15-8-11-25(12-9-15)20(26)21-10-7-17-13-28-19(23-17)16-5-3-2-4-6-16/h2-6,13,15H,7-12H2,1H3,(H,21,26). The number of hydrogen-bond donors (Lipinski definition) is 1. The number of rotatable bonds is 5. The van der Waals surface area contributed by atoms with Crippen molar-refractivity contribution in [2.24, 2.45) is 0 Å². The van der Waals surface area contributed by atoms with E-state index >= 15 is 0 Å². The van der Waals surface area contributed by atoms with E-state index in [0.717, 1.165) is 35.5 Å². The summed E-state index contributed by atoms with van der Waals surface area (Å²) in [6.45, 7) is 3.81. The molecule has 3 aromatic rings. The van der Waals surface area contributed by atoms with Crippen LogP contribution in [0.15, 0.2) is 40.2 Å². The largest absolute Gasteiger partial charge is 0.339 e. The van der Waals surface area contributed by atoms with Crippen molar-refractivity contribution >= 4 is 17.4 Å². The molecule has 0 aliphatic carbocycles. The van der Waals surface area contributed by atoms with Crippen LogP contribution in [0, 0.1) is 6.92 Å². The maximum Gasteiger partial charge on any atom is 0.317 e. The number of benzene rings is 1. The number of aryl methyl sites for hydroxylation is 1. The molecule has 0 atom stereocenters. The number of carbonyl (C=O) groups excluding carboxylic acids is 1. The van der Waals surface area contributed by atoms with Gasteiger partial charge in [0.15, 0.2) is 5.82 Å². The first-order valence-corrected chi connectivity index (χ1v) is 10.4. The predicted octanol–water partition coefficient (Wildman–Crippen LogP) is 3.63. The van der Waals surface area contributed by atoms with Crippen LogP contribution in [0.25, 0.3) is 10.6 Å². The highest BCUT2D eigenvalue weighted by Gasteiger charge is 2.27. The van der Waals surface area contributed by atoms with Gasteiger partial charge in [-0.15, -0.1) is 11.3 Å². The Bertz CT molecular complexity index is 916. The molecule has 7 nitrogen and oxygen atoms in total. The minimum atomic E-state index is -0.0151. The number of urea groups is 1. The quantitative estimate of drug-likeness (QED) is 0.711. The Hall–Kier alpha value is -2.74. The Kier molecular flexibility index (Phi) is 5.66. The lowest BCUT2D eigenvalue weighted by atomic mass is 9.97. The molecule has 1 aliphatic heterocycles. The first-order valence-electron chi connectivity index (χ1n) is 9.52. The van der Waals surface area contributed by atoms with E-state index in [1.807, 2.05) is 30.0 Å². The molecule has 2 amide bonds. The molecule has 1 saturated heterocycles. The highest BCUT2D eigenvalue weighted by atomic mass is 32.1. The van der Waals surface area contributed by atoms with Gasteiger partial charge in [-0.05, 0) is 19.8 Å². The first-order chi connectivity index (χ1) is 13.7. The van der Waals surface area contributed by atoms with Crippen LogP contribution in [0.5, 0.6) is 0 Å². The summed E-state index contributed by atoms with van der Waals surface area (Å²) in [5.41, 5.74) is 2.14. The molecule has 1 fully saturated rings. The average molecular weight is 398 g/mol. The highest BCUT2D eigenvalue weighted by Crippen LogP contribution is 2.27. The lowest BCUT2D eigenvalue weighted by molar-refractivity contribution is 0.175. The molecule has 1 aromatic carbocycles. The van der Waals surface area contributed by atoms with Crippen molar-refractivity contribution < 1.29 is 9.32 Å². The molecule has 0 spiro atoms. The van der Waals surface area contributed by atoms with Crippen LogP contribution in [0.1, 0.15) is 36.2 Å². The van der Waals surface area contributed by atoms with Gasteiger partial charge >= 0.3 is 6.03 Å². The van der Waals surface area contributed by atoms with Crippen molar-refractivity contribution in [1.29, 1.82) is 0 Å². The van der Waals surface area contributed by atoms with E-state index in [9.17, 15) is 4.79 Å². The normalized spacial score (nSPS) is 15.0. The molecule has 0 radical (unpaired) electrons. The van der Waals surface area contributed by atoms with Crippen molar-refractivity contribution in [1.82, 2.24) is 25.3 Å². The molecule has 0 unspecified atom stereocenters. The summed E-state index contributed by atoms with van der Waals surface area (Å²) in [7, 11) is 0. The summed E-state index contributed by atoms with van der Waals surface area (Å²) in [6.07, 6.45) is 2.43. The van der Waals surface area contributed by atoms with Gasteiger partial charge in [0, 0.05) is 42.9 Å². The SMILES string of the molecule is Cc1noc(C2CCN(C(=O)NCCc3csc(-c4ccccc4)n3)CC2)n1. The molecule has 3 heterocycles. The van der Waals surface area contributed by atoms with Gasteiger partial charge in [-0.2, -0.15) is 4.98 Å². The van der Waals surface area contributed by atoms with Crippen LogP contribution in [0.4, 0.5) is 4.79 Å². The third-order valence-corrected chi connectivity index (χ3v) is 5.84. The minimum Gasteiger partial charge on any atom is -0.339 e. The summed E-state index contributed by atoms with van der Waals surface area (Å²) < 4.78 is 5.26. The van der Waals surface area contributed by atoms with E-state index in [4.69, 9.17) is 4.52 Å². The maximum absolute atomic E-state index is 12.4. The molecule has 1 N–H and O–H groups in total. The van der Waals surface area contributed by atoms with Crippen molar-refractivity contribution in [3.8, 4) is 10.6 Å². The van der Waals surface area contributed by atoms with Gasteiger partial charge < -0.3 is 14.7 Å². The number of amides is 2. The molecular formula is C20H23N5O2S. The third kappa shape index (κ3) is 4.39.